The number of hydrogen-bond donors (Lipinski definition) is 1. The first-order valence-electron chi connectivity index (χ1n) is 6.29. The molecule has 0 saturated carbocycles. The molecule has 0 spiro atoms. The average Bonchev–Trinajstić information content (AvgIpc) is 2.48. The summed E-state index contributed by atoms with van der Waals surface area (Å²) in [6.07, 6.45) is 0.933. The van der Waals surface area contributed by atoms with E-state index in [0.29, 0.717) is 4.90 Å². The van der Waals surface area contributed by atoms with Crippen LogP contribution in [-0.2, 0) is 6.42 Å². The number of hydrogen-bond acceptors (Lipinski definition) is 4. The molecule has 21 heavy (non-hydrogen) atoms. The van der Waals surface area contributed by atoms with Gasteiger partial charge in [0.25, 0.3) is 5.69 Å². The van der Waals surface area contributed by atoms with Gasteiger partial charge in [0.15, 0.2) is 0 Å². The zero-order valence-electron chi connectivity index (χ0n) is 11.3. The zero-order valence-corrected chi connectivity index (χ0v) is 12.1. The second-order valence-electron chi connectivity index (χ2n) is 4.34. The molecule has 2 aromatic rings. The predicted molar refractivity (Wildman–Crippen MR) is 80.0 cm³/mol. The van der Waals surface area contributed by atoms with Crippen molar-refractivity contribution in [2.24, 2.45) is 0 Å². The first kappa shape index (κ1) is 15.1. The van der Waals surface area contributed by atoms with Crippen LogP contribution in [0.3, 0.4) is 0 Å². The monoisotopic (exact) mass is 303 g/mol. The number of carboxylic acid groups (broad SMARTS) is 1. The largest absolute Gasteiger partial charge is 0.478 e. The Balaban J connectivity index is 2.34. The highest BCUT2D eigenvalue weighted by Gasteiger charge is 2.16. The van der Waals surface area contributed by atoms with E-state index in [2.05, 4.69) is 6.92 Å². The van der Waals surface area contributed by atoms with E-state index in [0.717, 1.165) is 17.4 Å². The second kappa shape index (κ2) is 6.41. The molecule has 0 fully saturated rings. The number of aryl methyl sites for hydroxylation is 1. The number of rotatable bonds is 5. The Morgan fingerprint density at radius 2 is 1.90 bits per heavy atom. The van der Waals surface area contributed by atoms with E-state index in [1.807, 2.05) is 24.3 Å². The quantitative estimate of drug-likeness (QED) is 0.667. The van der Waals surface area contributed by atoms with Gasteiger partial charge in [0, 0.05) is 21.9 Å². The van der Waals surface area contributed by atoms with E-state index in [4.69, 9.17) is 0 Å². The van der Waals surface area contributed by atoms with Crippen molar-refractivity contribution < 1.29 is 14.8 Å². The molecule has 2 rings (SSSR count). The van der Waals surface area contributed by atoms with E-state index in [1.54, 1.807) is 0 Å². The molecule has 5 nitrogen and oxygen atoms in total. The van der Waals surface area contributed by atoms with E-state index >= 15 is 0 Å². The van der Waals surface area contributed by atoms with Gasteiger partial charge in [-0.1, -0.05) is 30.8 Å². The van der Waals surface area contributed by atoms with Gasteiger partial charge in [-0.15, -0.1) is 0 Å². The Bertz CT molecular complexity index is 683. The molecule has 0 amide bonds. The third-order valence-corrected chi connectivity index (χ3v) is 4.05. The lowest BCUT2D eigenvalue weighted by atomic mass is 10.2. The molecular weight excluding hydrogens is 290 g/mol. The Labute approximate surface area is 125 Å². The van der Waals surface area contributed by atoms with Crippen LogP contribution in [0.1, 0.15) is 22.8 Å². The van der Waals surface area contributed by atoms with Crippen LogP contribution in [0, 0.1) is 10.1 Å². The standard InChI is InChI=1S/C15H13NO4S/c1-2-10-3-6-12(7-4-10)21-14-8-5-11(16(19)20)9-13(14)15(17)18/h3-9H,2H2,1H3,(H,17,18). The van der Waals surface area contributed by atoms with Crippen molar-refractivity contribution in [2.75, 3.05) is 0 Å². The van der Waals surface area contributed by atoms with Crippen LogP contribution in [0.25, 0.3) is 0 Å². The molecule has 0 heterocycles. The Kier molecular flexibility index (Phi) is 4.59. The van der Waals surface area contributed by atoms with Gasteiger partial charge in [0.1, 0.15) is 0 Å². The van der Waals surface area contributed by atoms with E-state index < -0.39 is 10.9 Å². The molecule has 108 valence electrons. The van der Waals surface area contributed by atoms with Crippen LogP contribution < -0.4 is 0 Å². The summed E-state index contributed by atoms with van der Waals surface area (Å²) in [5.74, 6) is -1.17. The van der Waals surface area contributed by atoms with Crippen molar-refractivity contribution in [3.8, 4) is 0 Å². The number of non-ortho nitro benzene ring substituents is 1. The summed E-state index contributed by atoms with van der Waals surface area (Å²) in [5.41, 5.74) is 0.911. The highest BCUT2D eigenvalue weighted by atomic mass is 32.2. The van der Waals surface area contributed by atoms with Crippen LogP contribution >= 0.6 is 11.8 Å². The number of nitrogens with zero attached hydrogens (tertiary/aromatic N) is 1. The summed E-state index contributed by atoms with van der Waals surface area (Å²) in [6.45, 7) is 2.06. The van der Waals surface area contributed by atoms with Crippen molar-refractivity contribution in [3.63, 3.8) is 0 Å². The Hall–Kier alpha value is -2.34. The molecule has 0 unspecified atom stereocenters. The minimum absolute atomic E-state index is 0.0613. The highest BCUT2D eigenvalue weighted by Crippen LogP contribution is 2.32. The van der Waals surface area contributed by atoms with Crippen molar-refractivity contribution in [3.05, 3.63) is 63.7 Å². The van der Waals surface area contributed by atoms with Gasteiger partial charge in [0.2, 0.25) is 0 Å². The second-order valence-corrected chi connectivity index (χ2v) is 5.46. The van der Waals surface area contributed by atoms with Gasteiger partial charge in [0.05, 0.1) is 10.5 Å². The fourth-order valence-corrected chi connectivity index (χ4v) is 2.73. The third kappa shape index (κ3) is 3.61. The molecular formula is C15H13NO4S. The number of carboxylic acids is 1. The lowest BCUT2D eigenvalue weighted by Gasteiger charge is -2.06. The number of nitro benzene ring substituents is 1. The van der Waals surface area contributed by atoms with Crippen molar-refractivity contribution >= 4 is 23.4 Å². The Morgan fingerprint density at radius 3 is 2.43 bits per heavy atom. The maximum atomic E-state index is 11.3. The molecule has 0 radical (unpaired) electrons. The molecule has 0 aromatic heterocycles. The summed E-state index contributed by atoms with van der Waals surface area (Å²) in [4.78, 5) is 22.7. The highest BCUT2D eigenvalue weighted by molar-refractivity contribution is 7.99. The summed E-state index contributed by atoms with van der Waals surface area (Å²) in [6, 6.07) is 11.7. The smallest absolute Gasteiger partial charge is 0.337 e. The van der Waals surface area contributed by atoms with Crippen molar-refractivity contribution in [2.45, 2.75) is 23.1 Å². The minimum atomic E-state index is -1.17. The third-order valence-electron chi connectivity index (χ3n) is 2.96. The fourth-order valence-electron chi connectivity index (χ4n) is 1.81. The molecule has 0 saturated heterocycles. The van der Waals surface area contributed by atoms with Crippen LogP contribution in [-0.4, -0.2) is 16.0 Å². The van der Waals surface area contributed by atoms with Crippen molar-refractivity contribution in [1.82, 2.24) is 0 Å². The molecule has 0 atom stereocenters. The summed E-state index contributed by atoms with van der Waals surface area (Å²) in [7, 11) is 0. The lowest BCUT2D eigenvalue weighted by molar-refractivity contribution is -0.384. The number of benzene rings is 2. The van der Waals surface area contributed by atoms with Crippen LogP contribution in [0.15, 0.2) is 52.3 Å². The molecule has 0 aliphatic heterocycles. The molecule has 2 aromatic carbocycles. The van der Waals surface area contributed by atoms with Gasteiger partial charge < -0.3 is 5.11 Å². The maximum Gasteiger partial charge on any atom is 0.337 e. The molecule has 0 aliphatic carbocycles. The van der Waals surface area contributed by atoms with E-state index in [-0.39, 0.29) is 11.3 Å². The SMILES string of the molecule is CCc1ccc(Sc2ccc([N+](=O)[O-])cc2C(=O)O)cc1. The van der Waals surface area contributed by atoms with E-state index in [9.17, 15) is 20.0 Å². The van der Waals surface area contributed by atoms with Crippen LogP contribution in [0.5, 0.6) is 0 Å². The van der Waals surface area contributed by atoms with Gasteiger partial charge in [-0.05, 0) is 30.2 Å². The van der Waals surface area contributed by atoms with Crippen LogP contribution in [0.4, 0.5) is 5.69 Å². The lowest BCUT2D eigenvalue weighted by Crippen LogP contribution is -2.00. The van der Waals surface area contributed by atoms with Gasteiger partial charge in [-0.25, -0.2) is 4.79 Å². The first-order chi connectivity index (χ1) is 10.0. The van der Waals surface area contributed by atoms with E-state index in [1.165, 1.54) is 29.5 Å². The van der Waals surface area contributed by atoms with Gasteiger partial charge >= 0.3 is 5.97 Å². The molecule has 0 aliphatic rings. The number of carbonyl (C=O) groups is 1. The molecule has 0 bridgehead atoms. The first-order valence-corrected chi connectivity index (χ1v) is 7.11. The number of aromatic carboxylic acids is 1. The normalized spacial score (nSPS) is 10.3. The molecule has 1 N–H and O–H groups in total. The fraction of sp³-hybridized carbons (Fsp3) is 0.133. The predicted octanol–water partition coefficient (Wildman–Crippen LogP) is 4.01. The summed E-state index contributed by atoms with van der Waals surface area (Å²) >= 11 is 1.28. The number of nitro groups is 1. The molecule has 6 heteroatoms. The Morgan fingerprint density at radius 1 is 1.24 bits per heavy atom. The summed E-state index contributed by atoms with van der Waals surface area (Å²) < 4.78 is 0. The topological polar surface area (TPSA) is 80.4 Å². The zero-order chi connectivity index (χ0) is 15.4. The van der Waals surface area contributed by atoms with Crippen LogP contribution in [0.2, 0.25) is 0 Å². The minimum Gasteiger partial charge on any atom is -0.478 e. The summed E-state index contributed by atoms with van der Waals surface area (Å²) in [5, 5.41) is 19.9. The van der Waals surface area contributed by atoms with Crippen molar-refractivity contribution in [1.29, 1.82) is 0 Å². The maximum absolute atomic E-state index is 11.3. The van der Waals surface area contributed by atoms with Gasteiger partial charge in [-0.2, -0.15) is 0 Å². The average molecular weight is 303 g/mol. The van der Waals surface area contributed by atoms with Gasteiger partial charge in [-0.3, -0.25) is 10.1 Å².